The second kappa shape index (κ2) is 4.62. The first-order valence-corrected chi connectivity index (χ1v) is 9.37. The Labute approximate surface area is 112 Å². The van der Waals surface area contributed by atoms with Crippen LogP contribution >= 0.6 is 0 Å². The first-order valence-electron chi connectivity index (χ1n) is 5.96. The summed E-state index contributed by atoms with van der Waals surface area (Å²) in [6, 6.07) is 6.54. The second-order valence-electron chi connectivity index (χ2n) is 5.33. The molecule has 1 aromatic carbocycles. The van der Waals surface area contributed by atoms with Gasteiger partial charge in [-0.15, -0.1) is 0 Å². The molecular formula is C13H15NO4Si. The van der Waals surface area contributed by atoms with Crippen molar-refractivity contribution < 1.29 is 18.8 Å². The van der Waals surface area contributed by atoms with E-state index in [9.17, 15) is 14.4 Å². The Morgan fingerprint density at radius 1 is 1.11 bits per heavy atom. The van der Waals surface area contributed by atoms with E-state index >= 15 is 0 Å². The molecule has 6 heteroatoms. The van der Waals surface area contributed by atoms with Gasteiger partial charge < -0.3 is 4.43 Å². The fourth-order valence-electron chi connectivity index (χ4n) is 1.89. The van der Waals surface area contributed by atoms with Crippen LogP contribution in [-0.2, 0) is 9.22 Å². The van der Waals surface area contributed by atoms with E-state index < -0.39 is 26.1 Å². The van der Waals surface area contributed by atoms with Crippen molar-refractivity contribution in [3.05, 3.63) is 35.4 Å². The number of imide groups is 1. The molecule has 0 unspecified atom stereocenters. The van der Waals surface area contributed by atoms with Gasteiger partial charge in [0.2, 0.25) is 8.32 Å². The van der Waals surface area contributed by atoms with Gasteiger partial charge in [-0.05, 0) is 31.8 Å². The van der Waals surface area contributed by atoms with Gasteiger partial charge >= 0.3 is 5.97 Å². The summed E-state index contributed by atoms with van der Waals surface area (Å²) in [7, 11) is -2.01. The van der Waals surface area contributed by atoms with Gasteiger partial charge in [0.25, 0.3) is 11.8 Å². The van der Waals surface area contributed by atoms with Crippen LogP contribution in [0.4, 0.5) is 0 Å². The third kappa shape index (κ3) is 2.73. The van der Waals surface area contributed by atoms with E-state index in [4.69, 9.17) is 4.43 Å². The van der Waals surface area contributed by atoms with Crippen LogP contribution in [0.25, 0.3) is 0 Å². The maximum absolute atomic E-state index is 12.0. The highest BCUT2D eigenvalue weighted by molar-refractivity contribution is 6.71. The molecule has 0 N–H and O–H groups in total. The third-order valence-electron chi connectivity index (χ3n) is 2.59. The van der Waals surface area contributed by atoms with Crippen molar-refractivity contribution in [3.63, 3.8) is 0 Å². The zero-order chi connectivity index (χ0) is 14.2. The predicted molar refractivity (Wildman–Crippen MR) is 71.2 cm³/mol. The van der Waals surface area contributed by atoms with E-state index in [-0.39, 0.29) is 6.54 Å². The lowest BCUT2D eigenvalue weighted by Crippen LogP contribution is -2.39. The quantitative estimate of drug-likeness (QED) is 0.622. The normalized spacial score (nSPS) is 14.6. The summed E-state index contributed by atoms with van der Waals surface area (Å²) in [5.41, 5.74) is 0.682. The van der Waals surface area contributed by atoms with Crippen LogP contribution in [0.3, 0.4) is 0 Å². The van der Waals surface area contributed by atoms with Gasteiger partial charge in [0.15, 0.2) is 0 Å². The lowest BCUT2D eigenvalue weighted by Gasteiger charge is -2.20. The van der Waals surface area contributed by atoms with Crippen LogP contribution in [0.2, 0.25) is 19.6 Å². The minimum Gasteiger partial charge on any atom is -0.519 e. The van der Waals surface area contributed by atoms with Crippen molar-refractivity contribution >= 4 is 26.1 Å². The lowest BCUT2D eigenvalue weighted by atomic mass is 10.1. The number of hydrogen-bond donors (Lipinski definition) is 0. The zero-order valence-corrected chi connectivity index (χ0v) is 12.1. The molecule has 1 aromatic rings. The Balaban J connectivity index is 2.15. The molecule has 0 radical (unpaired) electrons. The Morgan fingerprint density at radius 3 is 2.00 bits per heavy atom. The number of hydrogen-bond acceptors (Lipinski definition) is 4. The molecule has 100 valence electrons. The standard InChI is InChI=1S/C13H15NO4Si/c1-19(2,3)18-11(15)8-14-12(16)9-6-4-5-7-10(9)13(14)17/h4-7H,8H2,1-3H3. The average Bonchev–Trinajstić information content (AvgIpc) is 2.53. The molecule has 0 aromatic heterocycles. The van der Waals surface area contributed by atoms with Gasteiger partial charge in [-0.2, -0.15) is 0 Å². The number of carbonyl (C=O) groups is 3. The number of rotatable bonds is 3. The summed E-state index contributed by atoms with van der Waals surface area (Å²) < 4.78 is 5.25. The summed E-state index contributed by atoms with van der Waals surface area (Å²) in [6.07, 6.45) is 0. The fourth-order valence-corrected chi connectivity index (χ4v) is 2.63. The van der Waals surface area contributed by atoms with Crippen LogP contribution in [0.5, 0.6) is 0 Å². The van der Waals surface area contributed by atoms with Gasteiger partial charge in [-0.3, -0.25) is 19.3 Å². The molecular weight excluding hydrogens is 262 g/mol. The molecule has 2 amide bonds. The van der Waals surface area contributed by atoms with Crippen LogP contribution in [0, 0.1) is 0 Å². The fraction of sp³-hybridized carbons (Fsp3) is 0.308. The Kier molecular flexibility index (Phi) is 3.28. The van der Waals surface area contributed by atoms with Crippen molar-refractivity contribution in [2.75, 3.05) is 6.54 Å². The van der Waals surface area contributed by atoms with E-state index in [2.05, 4.69) is 0 Å². The number of benzene rings is 1. The summed E-state index contributed by atoms with van der Waals surface area (Å²) in [5.74, 6) is -1.41. The van der Waals surface area contributed by atoms with Crippen LogP contribution in [0.15, 0.2) is 24.3 Å². The van der Waals surface area contributed by atoms with E-state index in [1.54, 1.807) is 24.3 Å². The van der Waals surface area contributed by atoms with Gasteiger partial charge in [0.1, 0.15) is 6.54 Å². The van der Waals surface area contributed by atoms with Gasteiger partial charge in [-0.25, -0.2) is 0 Å². The molecule has 0 atom stereocenters. The summed E-state index contributed by atoms with van der Waals surface area (Å²) in [5, 5.41) is 0. The molecule has 0 fully saturated rings. The molecule has 0 spiro atoms. The maximum Gasteiger partial charge on any atom is 0.312 e. The molecule has 0 saturated carbocycles. The minimum atomic E-state index is -2.01. The number of fused-ring (bicyclic) bond motifs is 1. The van der Waals surface area contributed by atoms with Crippen molar-refractivity contribution in [1.29, 1.82) is 0 Å². The topological polar surface area (TPSA) is 63.7 Å². The van der Waals surface area contributed by atoms with Gasteiger partial charge in [0, 0.05) is 0 Å². The number of amides is 2. The highest BCUT2D eigenvalue weighted by Gasteiger charge is 2.37. The van der Waals surface area contributed by atoms with Crippen LogP contribution < -0.4 is 0 Å². The smallest absolute Gasteiger partial charge is 0.312 e. The highest BCUT2D eigenvalue weighted by atomic mass is 28.4. The van der Waals surface area contributed by atoms with Gasteiger partial charge in [-0.1, -0.05) is 12.1 Å². The van der Waals surface area contributed by atoms with E-state index in [1.165, 1.54) is 0 Å². The third-order valence-corrected chi connectivity index (χ3v) is 3.43. The maximum atomic E-state index is 12.0. The largest absolute Gasteiger partial charge is 0.519 e. The van der Waals surface area contributed by atoms with Crippen LogP contribution in [0.1, 0.15) is 20.7 Å². The zero-order valence-electron chi connectivity index (χ0n) is 11.1. The SMILES string of the molecule is C[Si](C)(C)OC(=O)CN1C(=O)c2ccccc2C1=O. The molecule has 19 heavy (non-hydrogen) atoms. The Hall–Kier alpha value is -1.95. The van der Waals surface area contributed by atoms with Crippen molar-refractivity contribution in [1.82, 2.24) is 4.90 Å². The van der Waals surface area contributed by atoms with E-state index in [1.807, 2.05) is 19.6 Å². The van der Waals surface area contributed by atoms with Crippen molar-refractivity contribution in [2.24, 2.45) is 0 Å². The van der Waals surface area contributed by atoms with E-state index in [0.29, 0.717) is 11.1 Å². The number of nitrogens with zero attached hydrogens (tertiary/aromatic N) is 1. The Morgan fingerprint density at radius 2 is 1.58 bits per heavy atom. The molecule has 1 aliphatic rings. The molecule has 0 bridgehead atoms. The molecule has 0 saturated heterocycles. The van der Waals surface area contributed by atoms with Crippen LogP contribution in [-0.4, -0.2) is 37.5 Å². The minimum absolute atomic E-state index is 0.323. The lowest BCUT2D eigenvalue weighted by molar-refractivity contribution is -0.135. The van der Waals surface area contributed by atoms with E-state index in [0.717, 1.165) is 4.90 Å². The molecule has 0 aliphatic carbocycles. The van der Waals surface area contributed by atoms with Crippen molar-refractivity contribution in [3.8, 4) is 0 Å². The first kappa shape index (κ1) is 13.5. The average molecular weight is 277 g/mol. The first-order chi connectivity index (χ1) is 8.79. The summed E-state index contributed by atoms with van der Waals surface area (Å²) in [6.45, 7) is 5.28. The molecule has 2 rings (SSSR count). The Bertz CT molecular complexity index is 527. The second-order valence-corrected chi connectivity index (χ2v) is 9.76. The number of carbonyl (C=O) groups excluding carboxylic acids is 3. The summed E-state index contributed by atoms with van der Waals surface area (Å²) in [4.78, 5) is 36.7. The predicted octanol–water partition coefficient (Wildman–Crippen LogP) is 1.66. The monoisotopic (exact) mass is 277 g/mol. The van der Waals surface area contributed by atoms with Crippen molar-refractivity contribution in [2.45, 2.75) is 19.6 Å². The summed E-state index contributed by atoms with van der Waals surface area (Å²) >= 11 is 0. The highest BCUT2D eigenvalue weighted by Crippen LogP contribution is 2.22. The van der Waals surface area contributed by atoms with Gasteiger partial charge in [0.05, 0.1) is 11.1 Å². The molecule has 1 aliphatic heterocycles. The molecule has 5 nitrogen and oxygen atoms in total. The molecule has 1 heterocycles.